The van der Waals surface area contributed by atoms with E-state index >= 15 is 0 Å². The second kappa shape index (κ2) is 2.52. The lowest BCUT2D eigenvalue weighted by atomic mass is 10.1. The zero-order valence-electron chi connectivity index (χ0n) is 6.54. The molecule has 2 saturated heterocycles. The number of amides is 1. The van der Waals surface area contributed by atoms with Crippen LogP contribution >= 0.6 is 0 Å². The SMILES string of the molecule is NC1C(=O)N2CC(C(=O)O)S(=O)[C@H]12. The summed E-state index contributed by atoms with van der Waals surface area (Å²) in [6.07, 6.45) is 0. The average Bonchev–Trinajstić information content (AvgIpc) is 2.39. The van der Waals surface area contributed by atoms with Crippen LogP contribution in [0.4, 0.5) is 0 Å². The van der Waals surface area contributed by atoms with E-state index in [1.165, 1.54) is 4.90 Å². The molecule has 0 aromatic carbocycles. The standard InChI is InChI=1S/C6H8N2O4S/c7-3-4(9)8-1-2(6(10)11)13(12)5(3)8/h2-3,5H,1,7H2,(H,10,11)/t2?,3?,5-,13?/m1/s1. The van der Waals surface area contributed by atoms with Crippen molar-refractivity contribution in [2.75, 3.05) is 6.54 Å². The van der Waals surface area contributed by atoms with Gasteiger partial charge in [0.2, 0.25) is 5.91 Å². The molecule has 0 radical (unpaired) electrons. The zero-order chi connectivity index (χ0) is 9.75. The summed E-state index contributed by atoms with van der Waals surface area (Å²) in [5.41, 5.74) is 5.38. The van der Waals surface area contributed by atoms with Gasteiger partial charge in [-0.15, -0.1) is 0 Å². The Morgan fingerprint density at radius 2 is 2.31 bits per heavy atom. The van der Waals surface area contributed by atoms with Crippen molar-refractivity contribution in [1.29, 1.82) is 0 Å². The van der Waals surface area contributed by atoms with Crippen LogP contribution in [0, 0.1) is 0 Å². The fourth-order valence-electron chi connectivity index (χ4n) is 1.61. The Hall–Kier alpha value is -0.950. The molecule has 2 aliphatic rings. The third-order valence-corrected chi connectivity index (χ3v) is 4.27. The van der Waals surface area contributed by atoms with Gasteiger partial charge >= 0.3 is 5.97 Å². The highest BCUT2D eigenvalue weighted by molar-refractivity contribution is 7.87. The van der Waals surface area contributed by atoms with Crippen LogP contribution in [-0.4, -0.2) is 49.3 Å². The van der Waals surface area contributed by atoms with Gasteiger partial charge in [-0.3, -0.25) is 13.8 Å². The highest BCUT2D eigenvalue weighted by Gasteiger charge is 2.57. The number of carboxylic acids is 1. The molecule has 3 unspecified atom stereocenters. The Labute approximate surface area is 76.1 Å². The van der Waals surface area contributed by atoms with Crippen molar-refractivity contribution in [2.24, 2.45) is 5.73 Å². The van der Waals surface area contributed by atoms with Crippen molar-refractivity contribution in [3.63, 3.8) is 0 Å². The molecule has 72 valence electrons. The Morgan fingerprint density at radius 3 is 2.77 bits per heavy atom. The van der Waals surface area contributed by atoms with E-state index in [4.69, 9.17) is 10.8 Å². The Bertz CT molecular complexity index is 318. The lowest BCUT2D eigenvalue weighted by Crippen LogP contribution is -2.66. The molecule has 2 rings (SSSR count). The topological polar surface area (TPSA) is 101 Å². The lowest BCUT2D eigenvalue weighted by Gasteiger charge is -2.38. The summed E-state index contributed by atoms with van der Waals surface area (Å²) in [5.74, 6) is -1.44. The highest BCUT2D eigenvalue weighted by Crippen LogP contribution is 2.30. The molecule has 0 saturated carbocycles. The molecule has 2 aliphatic heterocycles. The second-order valence-electron chi connectivity index (χ2n) is 3.06. The van der Waals surface area contributed by atoms with Gasteiger partial charge < -0.3 is 15.7 Å². The Kier molecular flexibility index (Phi) is 1.67. The molecule has 3 N–H and O–H groups in total. The number of nitrogens with two attached hydrogens (primary N) is 1. The van der Waals surface area contributed by atoms with Gasteiger partial charge in [0.1, 0.15) is 11.4 Å². The first-order chi connectivity index (χ1) is 6.04. The first-order valence-corrected chi connectivity index (χ1v) is 5.00. The van der Waals surface area contributed by atoms with Crippen LogP contribution in [0.1, 0.15) is 0 Å². The van der Waals surface area contributed by atoms with Crippen molar-refractivity contribution < 1.29 is 18.9 Å². The van der Waals surface area contributed by atoms with Crippen LogP contribution in [-0.2, 0) is 20.4 Å². The number of fused-ring (bicyclic) bond motifs is 1. The molecule has 0 spiro atoms. The van der Waals surface area contributed by atoms with Gasteiger partial charge in [-0.1, -0.05) is 0 Å². The van der Waals surface area contributed by atoms with Gasteiger partial charge in [-0.05, 0) is 0 Å². The number of carbonyl (C=O) groups excluding carboxylic acids is 1. The summed E-state index contributed by atoms with van der Waals surface area (Å²) < 4.78 is 11.4. The predicted octanol–water partition coefficient (Wildman–Crippen LogP) is -2.30. The van der Waals surface area contributed by atoms with E-state index in [9.17, 15) is 13.8 Å². The van der Waals surface area contributed by atoms with E-state index in [0.29, 0.717) is 0 Å². The lowest BCUT2D eigenvalue weighted by molar-refractivity contribution is -0.144. The summed E-state index contributed by atoms with van der Waals surface area (Å²) in [5, 5.41) is 7.10. The van der Waals surface area contributed by atoms with Crippen LogP contribution in [0.3, 0.4) is 0 Å². The third kappa shape index (κ3) is 0.939. The monoisotopic (exact) mass is 204 g/mol. The predicted molar refractivity (Wildman–Crippen MR) is 43.0 cm³/mol. The number of hydrogen-bond acceptors (Lipinski definition) is 4. The molecule has 2 fully saturated rings. The number of rotatable bonds is 1. The molecule has 4 atom stereocenters. The number of nitrogens with zero attached hydrogens (tertiary/aromatic N) is 1. The van der Waals surface area contributed by atoms with Crippen molar-refractivity contribution in [3.8, 4) is 0 Å². The minimum atomic E-state index is -1.55. The fraction of sp³-hybridized carbons (Fsp3) is 0.667. The maximum absolute atomic E-state index is 11.4. The number of aliphatic carboxylic acids is 1. The summed E-state index contributed by atoms with van der Waals surface area (Å²) >= 11 is 0. The molecule has 0 aromatic heterocycles. The molecule has 6 nitrogen and oxygen atoms in total. The summed E-state index contributed by atoms with van der Waals surface area (Å²) in [4.78, 5) is 22.9. The average molecular weight is 204 g/mol. The van der Waals surface area contributed by atoms with Gasteiger partial charge in [0.25, 0.3) is 0 Å². The summed E-state index contributed by atoms with van der Waals surface area (Å²) in [6, 6.07) is -0.773. The minimum absolute atomic E-state index is 0.0269. The van der Waals surface area contributed by atoms with Gasteiger partial charge in [0.15, 0.2) is 5.25 Å². The van der Waals surface area contributed by atoms with Crippen LogP contribution in [0.2, 0.25) is 0 Å². The van der Waals surface area contributed by atoms with Crippen LogP contribution < -0.4 is 5.73 Å². The maximum atomic E-state index is 11.4. The van der Waals surface area contributed by atoms with Crippen LogP contribution in [0.15, 0.2) is 0 Å². The molecule has 13 heavy (non-hydrogen) atoms. The van der Waals surface area contributed by atoms with E-state index in [0.717, 1.165) is 0 Å². The molecular weight excluding hydrogens is 196 g/mol. The van der Waals surface area contributed by atoms with E-state index in [2.05, 4.69) is 0 Å². The first kappa shape index (κ1) is 8.64. The zero-order valence-corrected chi connectivity index (χ0v) is 7.36. The van der Waals surface area contributed by atoms with Crippen molar-refractivity contribution in [1.82, 2.24) is 4.90 Å². The van der Waals surface area contributed by atoms with E-state index in [1.54, 1.807) is 0 Å². The fourth-order valence-corrected chi connectivity index (χ4v) is 3.30. The van der Waals surface area contributed by atoms with Gasteiger partial charge in [0.05, 0.1) is 10.8 Å². The van der Waals surface area contributed by atoms with Crippen LogP contribution in [0.5, 0.6) is 0 Å². The third-order valence-electron chi connectivity index (χ3n) is 2.34. The molecule has 0 aliphatic carbocycles. The molecule has 1 amide bonds. The van der Waals surface area contributed by atoms with Gasteiger partial charge in [0, 0.05) is 6.54 Å². The van der Waals surface area contributed by atoms with Gasteiger partial charge in [-0.2, -0.15) is 0 Å². The van der Waals surface area contributed by atoms with E-state index in [-0.39, 0.29) is 12.5 Å². The van der Waals surface area contributed by atoms with Crippen molar-refractivity contribution in [2.45, 2.75) is 16.7 Å². The molecule has 2 heterocycles. The quantitative estimate of drug-likeness (QED) is 0.468. The maximum Gasteiger partial charge on any atom is 0.321 e. The molecular formula is C6H8N2O4S. The highest BCUT2D eigenvalue weighted by atomic mass is 32.2. The van der Waals surface area contributed by atoms with Gasteiger partial charge in [-0.25, -0.2) is 0 Å². The Balaban J connectivity index is 2.23. The second-order valence-corrected chi connectivity index (χ2v) is 4.77. The van der Waals surface area contributed by atoms with E-state index in [1.807, 2.05) is 0 Å². The largest absolute Gasteiger partial charge is 0.480 e. The van der Waals surface area contributed by atoms with Crippen molar-refractivity contribution in [3.05, 3.63) is 0 Å². The number of hydrogen-bond donors (Lipinski definition) is 2. The molecule has 0 aromatic rings. The summed E-state index contributed by atoms with van der Waals surface area (Å²) in [6.45, 7) is 0.0269. The molecule has 0 bridgehead atoms. The van der Waals surface area contributed by atoms with Crippen molar-refractivity contribution >= 4 is 22.7 Å². The minimum Gasteiger partial charge on any atom is -0.480 e. The number of β-lactam (4-membered cyclic amide) rings is 1. The molecule has 7 heteroatoms. The van der Waals surface area contributed by atoms with E-state index < -0.39 is 33.4 Å². The first-order valence-electron chi connectivity index (χ1n) is 3.72. The smallest absolute Gasteiger partial charge is 0.321 e. The number of carboxylic acid groups (broad SMARTS) is 1. The van der Waals surface area contributed by atoms with Crippen LogP contribution in [0.25, 0.3) is 0 Å². The Morgan fingerprint density at radius 1 is 1.69 bits per heavy atom. The number of carbonyl (C=O) groups is 2. The summed E-state index contributed by atoms with van der Waals surface area (Å²) in [7, 11) is -1.55. The normalized spacial score (nSPS) is 42.8.